The third kappa shape index (κ3) is 5.99. The zero-order valence-electron chi connectivity index (χ0n) is 22.2. The third-order valence-electron chi connectivity index (χ3n) is 6.76. The molecule has 0 bridgehead atoms. The first kappa shape index (κ1) is 25.9. The molecule has 10 nitrogen and oxygen atoms in total. The van der Waals surface area contributed by atoms with E-state index in [0.717, 1.165) is 21.5 Å². The van der Waals surface area contributed by atoms with Crippen LogP contribution in [-0.4, -0.2) is 60.5 Å². The van der Waals surface area contributed by atoms with Crippen molar-refractivity contribution in [3.05, 3.63) is 96.3 Å². The van der Waals surface area contributed by atoms with Crippen LogP contribution in [0.2, 0.25) is 0 Å². The van der Waals surface area contributed by atoms with E-state index in [0.29, 0.717) is 35.8 Å². The van der Waals surface area contributed by atoms with Crippen LogP contribution in [0, 0.1) is 0 Å². The SMILES string of the molecule is O=C(OCC1CO1)c1ccc2cc(Oc3nccnc3Oc3ccc4cc(C(=O)OCC5CO5)ccc4c3)ccc2c1. The van der Waals surface area contributed by atoms with Crippen molar-refractivity contribution in [1.82, 2.24) is 9.97 Å². The highest BCUT2D eigenvalue weighted by molar-refractivity contribution is 5.96. The summed E-state index contributed by atoms with van der Waals surface area (Å²) in [6.45, 7) is 1.79. The topological polar surface area (TPSA) is 122 Å². The van der Waals surface area contributed by atoms with Crippen LogP contribution in [0.15, 0.2) is 85.2 Å². The molecular weight excluding hydrogens is 540 g/mol. The summed E-state index contributed by atoms with van der Waals surface area (Å²) in [5.41, 5.74) is 0.938. The number of aromatic nitrogens is 2. The molecule has 2 atom stereocenters. The molecule has 0 aliphatic carbocycles. The molecule has 1 aromatic heterocycles. The van der Waals surface area contributed by atoms with Gasteiger partial charge in [-0.05, 0) is 70.1 Å². The molecule has 210 valence electrons. The molecule has 5 aromatic rings. The van der Waals surface area contributed by atoms with Crippen LogP contribution in [-0.2, 0) is 18.9 Å². The highest BCUT2D eigenvalue weighted by Crippen LogP contribution is 2.33. The molecular formula is C32H24N2O8. The van der Waals surface area contributed by atoms with Crippen molar-refractivity contribution >= 4 is 33.5 Å². The van der Waals surface area contributed by atoms with E-state index >= 15 is 0 Å². The Balaban J connectivity index is 1.05. The molecule has 2 aliphatic heterocycles. The summed E-state index contributed by atoms with van der Waals surface area (Å²) in [6, 6.07) is 21.6. The summed E-state index contributed by atoms with van der Waals surface area (Å²) in [6.07, 6.45) is 3.07. The first-order valence-corrected chi connectivity index (χ1v) is 13.4. The third-order valence-corrected chi connectivity index (χ3v) is 6.76. The van der Waals surface area contributed by atoms with Gasteiger partial charge < -0.3 is 28.4 Å². The quantitative estimate of drug-likeness (QED) is 0.159. The average Bonchev–Trinajstić information content (AvgIpc) is 3.95. The summed E-state index contributed by atoms with van der Waals surface area (Å²) in [5, 5.41) is 3.47. The zero-order chi connectivity index (χ0) is 28.5. The van der Waals surface area contributed by atoms with Crippen molar-refractivity contribution in [2.75, 3.05) is 26.4 Å². The Morgan fingerprint density at radius 1 is 0.619 bits per heavy atom. The smallest absolute Gasteiger partial charge is 0.338 e. The number of hydrogen-bond donors (Lipinski definition) is 0. The lowest BCUT2D eigenvalue weighted by molar-refractivity contribution is 0.0469. The molecule has 0 N–H and O–H groups in total. The van der Waals surface area contributed by atoms with Crippen LogP contribution in [0.25, 0.3) is 21.5 Å². The van der Waals surface area contributed by atoms with Gasteiger partial charge in [0.25, 0.3) is 11.8 Å². The summed E-state index contributed by atoms with van der Waals surface area (Å²) >= 11 is 0. The molecule has 7 rings (SSSR count). The molecule has 4 aromatic carbocycles. The fraction of sp³-hybridized carbons (Fsp3) is 0.188. The Morgan fingerprint density at radius 3 is 1.45 bits per heavy atom. The van der Waals surface area contributed by atoms with Crippen molar-refractivity contribution in [1.29, 1.82) is 0 Å². The minimum atomic E-state index is -0.384. The Morgan fingerprint density at radius 2 is 1.02 bits per heavy atom. The predicted molar refractivity (Wildman–Crippen MR) is 150 cm³/mol. The molecule has 2 saturated heterocycles. The van der Waals surface area contributed by atoms with Crippen LogP contribution in [0.1, 0.15) is 20.7 Å². The minimum Gasteiger partial charge on any atom is -0.459 e. The molecule has 0 spiro atoms. The summed E-state index contributed by atoms with van der Waals surface area (Å²) in [5.74, 6) is 0.671. The summed E-state index contributed by atoms with van der Waals surface area (Å²) < 4.78 is 32.8. The van der Waals surface area contributed by atoms with Crippen molar-refractivity contribution in [3.63, 3.8) is 0 Å². The van der Waals surface area contributed by atoms with E-state index in [2.05, 4.69) is 9.97 Å². The molecule has 0 radical (unpaired) electrons. The fourth-order valence-electron chi connectivity index (χ4n) is 4.34. The zero-order valence-corrected chi connectivity index (χ0v) is 22.2. The summed E-state index contributed by atoms with van der Waals surface area (Å²) in [4.78, 5) is 33.3. The number of hydrogen-bond acceptors (Lipinski definition) is 10. The molecule has 2 unspecified atom stereocenters. The molecule has 2 aliphatic rings. The number of nitrogens with zero attached hydrogens (tertiary/aromatic N) is 2. The molecule has 42 heavy (non-hydrogen) atoms. The van der Waals surface area contributed by atoms with Gasteiger partial charge in [-0.15, -0.1) is 0 Å². The highest BCUT2D eigenvalue weighted by Gasteiger charge is 2.25. The molecule has 0 amide bonds. The van der Waals surface area contributed by atoms with Crippen LogP contribution >= 0.6 is 0 Å². The standard InChI is InChI=1S/C32H24N2O8/c35-31(39-17-27-15-37-27)23-3-1-21-13-25(7-5-19(21)11-23)41-29-30(34-10-9-33-29)42-26-8-6-20-12-24(4-2-22(20)14-26)32(36)40-18-28-16-38-28/h1-14,27-28H,15-18H2. The Kier molecular flexibility index (Phi) is 6.82. The maximum absolute atomic E-state index is 12.3. The van der Waals surface area contributed by atoms with Gasteiger partial charge in [0.05, 0.1) is 24.3 Å². The van der Waals surface area contributed by atoms with E-state index in [1.54, 1.807) is 36.4 Å². The van der Waals surface area contributed by atoms with Crippen LogP contribution in [0.3, 0.4) is 0 Å². The fourth-order valence-corrected chi connectivity index (χ4v) is 4.34. The van der Waals surface area contributed by atoms with Gasteiger partial charge in [-0.1, -0.05) is 24.3 Å². The molecule has 10 heteroatoms. The van der Waals surface area contributed by atoms with Gasteiger partial charge in [0.1, 0.15) is 36.9 Å². The maximum Gasteiger partial charge on any atom is 0.338 e. The largest absolute Gasteiger partial charge is 0.459 e. The number of carbonyl (C=O) groups is 2. The van der Waals surface area contributed by atoms with Crippen molar-refractivity contribution in [2.45, 2.75) is 12.2 Å². The average molecular weight is 565 g/mol. The second-order valence-electron chi connectivity index (χ2n) is 9.93. The van der Waals surface area contributed by atoms with Crippen molar-refractivity contribution < 1.29 is 38.0 Å². The number of esters is 2. The lowest BCUT2D eigenvalue weighted by atomic mass is 10.1. The summed E-state index contributed by atoms with van der Waals surface area (Å²) in [7, 11) is 0. The van der Waals surface area contributed by atoms with E-state index in [4.69, 9.17) is 28.4 Å². The molecule has 3 heterocycles. The van der Waals surface area contributed by atoms with E-state index in [1.807, 2.05) is 36.4 Å². The van der Waals surface area contributed by atoms with E-state index in [-0.39, 0.29) is 49.1 Å². The number of benzene rings is 4. The second kappa shape index (κ2) is 11.1. The number of rotatable bonds is 10. The molecule has 2 fully saturated rings. The van der Waals surface area contributed by atoms with Gasteiger partial charge in [0, 0.05) is 12.4 Å². The Hall–Kier alpha value is -5.06. The van der Waals surface area contributed by atoms with Crippen LogP contribution in [0.4, 0.5) is 0 Å². The number of ether oxygens (including phenoxy) is 6. The Labute approximate surface area is 239 Å². The monoisotopic (exact) mass is 564 g/mol. The number of fused-ring (bicyclic) bond motifs is 2. The second-order valence-corrected chi connectivity index (χ2v) is 9.93. The number of epoxide rings is 2. The first-order valence-electron chi connectivity index (χ1n) is 13.4. The highest BCUT2D eigenvalue weighted by atomic mass is 16.6. The first-order chi connectivity index (χ1) is 20.6. The lowest BCUT2D eigenvalue weighted by Gasteiger charge is -2.11. The van der Waals surface area contributed by atoms with E-state index < -0.39 is 0 Å². The van der Waals surface area contributed by atoms with Gasteiger partial charge in [0.2, 0.25) is 0 Å². The molecule has 0 saturated carbocycles. The number of carbonyl (C=O) groups excluding carboxylic acids is 2. The van der Waals surface area contributed by atoms with Gasteiger partial charge >= 0.3 is 11.9 Å². The van der Waals surface area contributed by atoms with Crippen molar-refractivity contribution in [2.24, 2.45) is 0 Å². The maximum atomic E-state index is 12.3. The van der Waals surface area contributed by atoms with Gasteiger partial charge in [-0.25, -0.2) is 19.6 Å². The van der Waals surface area contributed by atoms with Crippen molar-refractivity contribution in [3.8, 4) is 23.3 Å². The van der Waals surface area contributed by atoms with Gasteiger partial charge in [-0.3, -0.25) is 0 Å². The van der Waals surface area contributed by atoms with Crippen LogP contribution < -0.4 is 9.47 Å². The van der Waals surface area contributed by atoms with Gasteiger partial charge in [0.15, 0.2) is 0 Å². The van der Waals surface area contributed by atoms with Gasteiger partial charge in [-0.2, -0.15) is 0 Å². The van der Waals surface area contributed by atoms with E-state index in [9.17, 15) is 9.59 Å². The predicted octanol–water partition coefficient (Wildman–Crippen LogP) is 5.48. The minimum absolute atomic E-state index is 0.0172. The van der Waals surface area contributed by atoms with E-state index in [1.165, 1.54) is 12.4 Å². The van der Waals surface area contributed by atoms with Crippen LogP contribution in [0.5, 0.6) is 23.3 Å². The normalized spacial score (nSPS) is 17.0. The lowest BCUT2D eigenvalue weighted by Crippen LogP contribution is -2.09. The Bertz CT molecular complexity index is 1680.